The summed E-state index contributed by atoms with van der Waals surface area (Å²) in [5.41, 5.74) is 0. The lowest BCUT2D eigenvalue weighted by atomic mass is 10.1. The van der Waals surface area contributed by atoms with Gasteiger partial charge in [-0.3, -0.25) is 0 Å². The standard InChI is InChI=1S/C5H7BF/c1-5(2)3-4-6-7/h5H,1-2H3. The van der Waals surface area contributed by atoms with Gasteiger partial charge in [0.2, 0.25) is 0 Å². The van der Waals surface area contributed by atoms with Crippen molar-refractivity contribution in [3.05, 3.63) is 0 Å². The van der Waals surface area contributed by atoms with Crippen molar-refractivity contribution in [1.29, 1.82) is 0 Å². The maximum atomic E-state index is 11.1. The lowest BCUT2D eigenvalue weighted by Gasteiger charge is -1.82. The summed E-state index contributed by atoms with van der Waals surface area (Å²) in [6.07, 6.45) is 0. The van der Waals surface area contributed by atoms with Crippen molar-refractivity contribution in [2.45, 2.75) is 13.8 Å². The van der Waals surface area contributed by atoms with E-state index in [0.29, 0.717) is 7.56 Å². The molecular weight excluding hydrogens is 89.9 g/mol. The summed E-state index contributed by atoms with van der Waals surface area (Å²) < 4.78 is 11.1. The second-order valence-corrected chi connectivity index (χ2v) is 1.55. The van der Waals surface area contributed by atoms with E-state index in [4.69, 9.17) is 0 Å². The molecule has 0 saturated heterocycles. The van der Waals surface area contributed by atoms with Crippen LogP contribution in [0.15, 0.2) is 0 Å². The predicted octanol–water partition coefficient (Wildman–Crippen LogP) is 1.19. The quantitative estimate of drug-likeness (QED) is 0.314. The van der Waals surface area contributed by atoms with Crippen molar-refractivity contribution in [3.8, 4) is 11.7 Å². The molecule has 0 spiro atoms. The molecule has 0 unspecified atom stereocenters. The van der Waals surface area contributed by atoms with Gasteiger partial charge in [0.05, 0.1) is 0 Å². The Morgan fingerprint density at radius 1 is 1.57 bits per heavy atom. The van der Waals surface area contributed by atoms with Crippen LogP contribution in [0.25, 0.3) is 0 Å². The van der Waals surface area contributed by atoms with Gasteiger partial charge in [0.15, 0.2) is 0 Å². The summed E-state index contributed by atoms with van der Waals surface area (Å²) in [6.45, 7) is 3.83. The van der Waals surface area contributed by atoms with Crippen LogP contribution in [0.3, 0.4) is 0 Å². The first-order valence-electron chi connectivity index (χ1n) is 2.20. The Kier molecular flexibility index (Phi) is 3.50. The first kappa shape index (κ1) is 6.55. The van der Waals surface area contributed by atoms with Crippen molar-refractivity contribution in [2.75, 3.05) is 0 Å². The van der Waals surface area contributed by atoms with Gasteiger partial charge in [-0.15, -0.1) is 11.7 Å². The third kappa shape index (κ3) is 5.55. The van der Waals surface area contributed by atoms with Gasteiger partial charge in [0.25, 0.3) is 0 Å². The molecule has 0 aromatic rings. The molecule has 0 heterocycles. The first-order valence-corrected chi connectivity index (χ1v) is 2.20. The highest BCUT2D eigenvalue weighted by Gasteiger charge is 1.79. The Morgan fingerprint density at radius 3 is 2.29 bits per heavy atom. The minimum Gasteiger partial charge on any atom is -0.322 e. The Morgan fingerprint density at radius 2 is 2.14 bits per heavy atom. The van der Waals surface area contributed by atoms with E-state index in [1.807, 2.05) is 13.8 Å². The zero-order chi connectivity index (χ0) is 5.70. The first-order chi connectivity index (χ1) is 3.27. The maximum Gasteiger partial charge on any atom is 0.449 e. The number of hydrogen-bond acceptors (Lipinski definition) is 0. The van der Waals surface area contributed by atoms with Gasteiger partial charge >= 0.3 is 7.56 Å². The van der Waals surface area contributed by atoms with Crippen LogP contribution in [0.2, 0.25) is 0 Å². The molecule has 2 heteroatoms. The van der Waals surface area contributed by atoms with E-state index >= 15 is 0 Å². The van der Waals surface area contributed by atoms with Crippen LogP contribution in [-0.4, -0.2) is 7.56 Å². The molecule has 0 aliphatic rings. The largest absolute Gasteiger partial charge is 0.449 e. The Balaban J connectivity index is 3.24. The molecule has 37 valence electrons. The van der Waals surface area contributed by atoms with Crippen molar-refractivity contribution < 1.29 is 4.32 Å². The summed E-state index contributed by atoms with van der Waals surface area (Å²) in [5.74, 6) is 5.09. The number of halogens is 1. The van der Waals surface area contributed by atoms with Crippen molar-refractivity contribution in [2.24, 2.45) is 5.92 Å². The molecule has 0 N–H and O–H groups in total. The summed E-state index contributed by atoms with van der Waals surface area (Å²) in [5, 5.41) is 0. The Labute approximate surface area is 44.4 Å². The van der Waals surface area contributed by atoms with E-state index in [-0.39, 0.29) is 5.92 Å². The monoisotopic (exact) mass is 97.1 g/mol. The van der Waals surface area contributed by atoms with E-state index in [9.17, 15) is 4.32 Å². The topological polar surface area (TPSA) is 0 Å². The second-order valence-electron chi connectivity index (χ2n) is 1.55. The maximum absolute atomic E-state index is 11.1. The Bertz CT molecular complexity index is 88.0. The third-order valence-electron chi connectivity index (χ3n) is 0.427. The van der Waals surface area contributed by atoms with Crippen LogP contribution in [0.1, 0.15) is 13.8 Å². The van der Waals surface area contributed by atoms with Crippen LogP contribution in [0, 0.1) is 17.7 Å². The van der Waals surface area contributed by atoms with E-state index in [2.05, 4.69) is 11.7 Å². The van der Waals surface area contributed by atoms with Gasteiger partial charge < -0.3 is 4.32 Å². The van der Waals surface area contributed by atoms with Crippen LogP contribution >= 0.6 is 0 Å². The molecule has 0 rings (SSSR count). The zero-order valence-corrected chi connectivity index (χ0v) is 4.53. The fourth-order valence-electron chi connectivity index (χ4n) is 0.198. The van der Waals surface area contributed by atoms with Gasteiger partial charge in [-0.1, -0.05) is 13.8 Å². The zero-order valence-electron chi connectivity index (χ0n) is 4.53. The fraction of sp³-hybridized carbons (Fsp3) is 0.600. The van der Waals surface area contributed by atoms with Crippen molar-refractivity contribution in [3.63, 3.8) is 0 Å². The lowest BCUT2D eigenvalue weighted by molar-refractivity contribution is 0.863. The molecule has 0 amide bonds. The highest BCUT2D eigenvalue weighted by Crippen LogP contribution is 1.83. The van der Waals surface area contributed by atoms with E-state index < -0.39 is 0 Å². The predicted molar refractivity (Wildman–Crippen MR) is 29.5 cm³/mol. The molecule has 0 fully saturated rings. The molecule has 0 bridgehead atoms. The molecule has 7 heavy (non-hydrogen) atoms. The molecule has 0 aliphatic heterocycles. The molecule has 0 aromatic carbocycles. The molecule has 1 radical (unpaired) electrons. The SMILES string of the molecule is CC(C)C#C[B]F. The highest BCUT2D eigenvalue weighted by atomic mass is 19.1. The van der Waals surface area contributed by atoms with Gasteiger partial charge in [-0.25, -0.2) is 0 Å². The van der Waals surface area contributed by atoms with Gasteiger partial charge in [-0.2, -0.15) is 0 Å². The van der Waals surface area contributed by atoms with Gasteiger partial charge in [-0.05, 0) is 0 Å². The molecule has 0 aliphatic carbocycles. The number of rotatable bonds is 0. The van der Waals surface area contributed by atoms with Crippen LogP contribution < -0.4 is 0 Å². The summed E-state index contributed by atoms with van der Waals surface area (Å²) in [6, 6.07) is 0. The Hall–Kier alpha value is -0.445. The summed E-state index contributed by atoms with van der Waals surface area (Å²) in [7, 11) is 0.361. The van der Waals surface area contributed by atoms with Crippen LogP contribution in [0.5, 0.6) is 0 Å². The normalized spacial score (nSPS) is 7.43. The second kappa shape index (κ2) is 3.73. The van der Waals surface area contributed by atoms with Crippen LogP contribution in [-0.2, 0) is 0 Å². The highest BCUT2D eigenvalue weighted by molar-refractivity contribution is 6.37. The fourth-order valence-corrected chi connectivity index (χ4v) is 0.198. The molecule has 0 aromatic heterocycles. The summed E-state index contributed by atoms with van der Waals surface area (Å²) >= 11 is 0. The summed E-state index contributed by atoms with van der Waals surface area (Å²) in [4.78, 5) is 0. The van der Waals surface area contributed by atoms with E-state index in [0.717, 1.165) is 0 Å². The van der Waals surface area contributed by atoms with Crippen molar-refractivity contribution in [1.82, 2.24) is 0 Å². The minimum atomic E-state index is 0.270. The molecule has 0 atom stereocenters. The third-order valence-corrected chi connectivity index (χ3v) is 0.427. The average Bonchev–Trinajstić information content (AvgIpc) is 1.61. The smallest absolute Gasteiger partial charge is 0.322 e. The van der Waals surface area contributed by atoms with Gasteiger partial charge in [0, 0.05) is 5.92 Å². The molecular formula is C5H7BF. The van der Waals surface area contributed by atoms with Crippen LogP contribution in [0.4, 0.5) is 4.32 Å². The van der Waals surface area contributed by atoms with Gasteiger partial charge in [0.1, 0.15) is 0 Å². The number of hydrogen-bond donors (Lipinski definition) is 0. The van der Waals surface area contributed by atoms with E-state index in [1.165, 1.54) is 0 Å². The lowest BCUT2D eigenvalue weighted by Crippen LogP contribution is -1.78. The molecule has 0 nitrogen and oxygen atoms in total. The minimum absolute atomic E-state index is 0.270. The average molecular weight is 96.9 g/mol. The van der Waals surface area contributed by atoms with Crippen molar-refractivity contribution >= 4 is 7.56 Å². The molecule has 0 saturated carbocycles. The van der Waals surface area contributed by atoms with E-state index in [1.54, 1.807) is 0 Å².